The Morgan fingerprint density at radius 2 is 2.09 bits per heavy atom. The number of aromatic nitrogens is 4. The Morgan fingerprint density at radius 1 is 1.27 bits per heavy atom. The third-order valence-electron chi connectivity index (χ3n) is 3.70. The van der Waals surface area contributed by atoms with Crippen molar-refractivity contribution in [1.82, 2.24) is 25.7 Å². The number of hydrogen-bond acceptors (Lipinski definition) is 4. The molecular formula is C15H17N5OS. The lowest BCUT2D eigenvalue weighted by molar-refractivity contribution is 0.0945. The van der Waals surface area contributed by atoms with Gasteiger partial charge in [-0.1, -0.05) is 6.07 Å². The number of carbonyl (C=O) groups excluding carboxylic acids is 1. The topological polar surface area (TPSA) is 86.5 Å². The van der Waals surface area contributed by atoms with E-state index in [1.165, 1.54) is 0 Å². The molecule has 1 amide bonds. The van der Waals surface area contributed by atoms with Crippen LogP contribution < -0.4 is 5.32 Å². The van der Waals surface area contributed by atoms with Gasteiger partial charge in [-0.3, -0.25) is 15.0 Å². The summed E-state index contributed by atoms with van der Waals surface area (Å²) in [7, 11) is 0. The first-order valence-electron chi connectivity index (χ1n) is 6.95. The predicted molar refractivity (Wildman–Crippen MR) is 85.9 cm³/mol. The molecule has 0 spiro atoms. The average Bonchev–Trinajstić information content (AvgIpc) is 3.19. The van der Waals surface area contributed by atoms with Gasteiger partial charge >= 0.3 is 0 Å². The molecule has 7 heteroatoms. The third kappa shape index (κ3) is 2.55. The Bertz CT molecular complexity index is 781. The summed E-state index contributed by atoms with van der Waals surface area (Å²) in [6.45, 7) is 6.20. The van der Waals surface area contributed by atoms with Crippen molar-refractivity contribution in [3.05, 3.63) is 45.7 Å². The summed E-state index contributed by atoms with van der Waals surface area (Å²) in [5.41, 5.74) is 5.07. The summed E-state index contributed by atoms with van der Waals surface area (Å²) in [4.78, 5) is 13.4. The van der Waals surface area contributed by atoms with Crippen LogP contribution in [0.25, 0.3) is 10.6 Å². The van der Waals surface area contributed by atoms with Crippen molar-refractivity contribution in [3.8, 4) is 10.6 Å². The van der Waals surface area contributed by atoms with E-state index in [1.54, 1.807) is 11.3 Å². The number of H-pyrrole nitrogens is 2. The lowest BCUT2D eigenvalue weighted by Gasteiger charge is -2.04. The predicted octanol–water partition coefficient (Wildman–Crippen LogP) is 2.72. The fourth-order valence-electron chi connectivity index (χ4n) is 2.37. The zero-order valence-corrected chi connectivity index (χ0v) is 13.5. The molecule has 3 heterocycles. The van der Waals surface area contributed by atoms with E-state index in [0.717, 1.165) is 33.1 Å². The van der Waals surface area contributed by atoms with Crippen LogP contribution in [-0.2, 0) is 6.54 Å². The van der Waals surface area contributed by atoms with Crippen molar-refractivity contribution in [2.45, 2.75) is 27.3 Å². The van der Waals surface area contributed by atoms with Gasteiger partial charge in [-0.2, -0.15) is 10.2 Å². The molecule has 0 fully saturated rings. The van der Waals surface area contributed by atoms with Gasteiger partial charge in [0.15, 0.2) is 5.69 Å². The molecule has 0 aliphatic heterocycles. The summed E-state index contributed by atoms with van der Waals surface area (Å²) < 4.78 is 0. The lowest BCUT2D eigenvalue weighted by Crippen LogP contribution is -2.24. The van der Waals surface area contributed by atoms with Crippen molar-refractivity contribution < 1.29 is 4.79 Å². The van der Waals surface area contributed by atoms with Crippen LogP contribution >= 0.6 is 11.3 Å². The largest absolute Gasteiger partial charge is 0.346 e. The van der Waals surface area contributed by atoms with Crippen molar-refractivity contribution in [3.63, 3.8) is 0 Å². The van der Waals surface area contributed by atoms with Crippen molar-refractivity contribution in [2.75, 3.05) is 0 Å². The normalized spacial score (nSPS) is 10.9. The molecule has 3 rings (SSSR count). The minimum atomic E-state index is -0.184. The quantitative estimate of drug-likeness (QED) is 0.692. The number of carbonyl (C=O) groups is 1. The van der Waals surface area contributed by atoms with Gasteiger partial charge in [0.05, 0.1) is 16.3 Å². The average molecular weight is 315 g/mol. The van der Waals surface area contributed by atoms with Crippen LogP contribution in [0.2, 0.25) is 0 Å². The number of nitrogens with one attached hydrogen (secondary N) is 3. The molecule has 0 bridgehead atoms. The highest BCUT2D eigenvalue weighted by Crippen LogP contribution is 2.27. The molecule has 0 saturated heterocycles. The van der Waals surface area contributed by atoms with Crippen LogP contribution in [0.1, 0.15) is 33.0 Å². The van der Waals surface area contributed by atoms with Gasteiger partial charge in [0.2, 0.25) is 0 Å². The molecule has 22 heavy (non-hydrogen) atoms. The van der Waals surface area contributed by atoms with Gasteiger partial charge in [0.25, 0.3) is 5.91 Å². The highest BCUT2D eigenvalue weighted by molar-refractivity contribution is 7.13. The number of hydrogen-bond donors (Lipinski definition) is 3. The Hall–Kier alpha value is -2.41. The number of rotatable bonds is 4. The molecule has 3 N–H and O–H groups in total. The van der Waals surface area contributed by atoms with Crippen molar-refractivity contribution >= 4 is 17.2 Å². The first-order valence-corrected chi connectivity index (χ1v) is 7.83. The Morgan fingerprint density at radius 3 is 2.73 bits per heavy atom. The maximum atomic E-state index is 12.3. The minimum absolute atomic E-state index is 0.184. The maximum Gasteiger partial charge on any atom is 0.272 e. The molecule has 0 aliphatic rings. The fraction of sp³-hybridized carbons (Fsp3) is 0.267. The molecule has 114 valence electrons. The van der Waals surface area contributed by atoms with Crippen LogP contribution in [-0.4, -0.2) is 26.3 Å². The third-order valence-corrected chi connectivity index (χ3v) is 4.59. The first-order chi connectivity index (χ1) is 10.6. The molecule has 0 aromatic carbocycles. The van der Waals surface area contributed by atoms with Gasteiger partial charge in [-0.15, -0.1) is 11.3 Å². The van der Waals surface area contributed by atoms with Gasteiger partial charge in [0, 0.05) is 23.4 Å². The van der Waals surface area contributed by atoms with E-state index in [0.29, 0.717) is 12.2 Å². The zero-order valence-electron chi connectivity index (χ0n) is 12.7. The SMILES string of the molecule is Cc1n[nH]c(C)c1CNC(=O)c1n[nH]c(-c2cccs2)c1C. The fourth-order valence-corrected chi connectivity index (χ4v) is 3.14. The number of thiophene rings is 1. The Kier molecular flexibility index (Phi) is 3.81. The summed E-state index contributed by atoms with van der Waals surface area (Å²) in [5, 5.41) is 19.1. The number of aromatic amines is 2. The highest BCUT2D eigenvalue weighted by atomic mass is 32.1. The molecule has 0 radical (unpaired) electrons. The number of aryl methyl sites for hydroxylation is 2. The van der Waals surface area contributed by atoms with E-state index in [9.17, 15) is 4.79 Å². The molecule has 3 aromatic rings. The van der Waals surface area contributed by atoms with Crippen molar-refractivity contribution in [2.24, 2.45) is 0 Å². The van der Waals surface area contributed by atoms with Gasteiger partial charge in [0.1, 0.15) is 0 Å². The van der Waals surface area contributed by atoms with Gasteiger partial charge in [-0.05, 0) is 32.2 Å². The van der Waals surface area contributed by atoms with Gasteiger partial charge in [-0.25, -0.2) is 0 Å². The molecular weight excluding hydrogens is 298 g/mol. The lowest BCUT2D eigenvalue weighted by atomic mass is 10.1. The molecule has 0 atom stereocenters. The summed E-state index contributed by atoms with van der Waals surface area (Å²) >= 11 is 1.62. The summed E-state index contributed by atoms with van der Waals surface area (Å²) in [6, 6.07) is 3.98. The van der Waals surface area contributed by atoms with Crippen molar-refractivity contribution in [1.29, 1.82) is 0 Å². The molecule has 0 aliphatic carbocycles. The molecule has 0 saturated carbocycles. The van der Waals surface area contributed by atoms with E-state index in [4.69, 9.17) is 0 Å². The molecule has 6 nitrogen and oxygen atoms in total. The zero-order chi connectivity index (χ0) is 15.7. The van der Waals surface area contributed by atoms with E-state index in [-0.39, 0.29) is 5.91 Å². The second kappa shape index (κ2) is 5.76. The van der Waals surface area contributed by atoms with E-state index >= 15 is 0 Å². The van der Waals surface area contributed by atoms with Crippen LogP contribution in [0.5, 0.6) is 0 Å². The number of amides is 1. The van der Waals surface area contributed by atoms with Crippen LogP contribution in [0, 0.1) is 20.8 Å². The highest BCUT2D eigenvalue weighted by Gasteiger charge is 2.18. The minimum Gasteiger partial charge on any atom is -0.346 e. The van der Waals surface area contributed by atoms with Crippen LogP contribution in [0.4, 0.5) is 0 Å². The first kappa shape index (κ1) is 14.5. The molecule has 3 aromatic heterocycles. The number of nitrogens with zero attached hydrogens (tertiary/aromatic N) is 2. The smallest absolute Gasteiger partial charge is 0.272 e. The van der Waals surface area contributed by atoms with E-state index < -0.39 is 0 Å². The summed E-state index contributed by atoms with van der Waals surface area (Å²) in [5.74, 6) is -0.184. The van der Waals surface area contributed by atoms with Crippen LogP contribution in [0.3, 0.4) is 0 Å². The second-order valence-electron chi connectivity index (χ2n) is 5.14. The standard InChI is InChI=1S/C15H17N5OS/c1-8-13(12-5-4-6-22-12)19-20-14(8)15(21)16-7-11-9(2)17-18-10(11)3/h4-6H,7H2,1-3H3,(H,16,21)(H,17,18)(H,19,20). The summed E-state index contributed by atoms with van der Waals surface area (Å²) in [6.07, 6.45) is 0. The Balaban J connectivity index is 1.76. The monoisotopic (exact) mass is 315 g/mol. The second-order valence-corrected chi connectivity index (χ2v) is 6.09. The van der Waals surface area contributed by atoms with E-state index in [1.807, 2.05) is 38.3 Å². The van der Waals surface area contributed by atoms with Crippen LogP contribution in [0.15, 0.2) is 17.5 Å². The molecule has 0 unspecified atom stereocenters. The Labute approximate surface area is 132 Å². The van der Waals surface area contributed by atoms with Gasteiger partial charge < -0.3 is 5.32 Å². The maximum absolute atomic E-state index is 12.3. The van der Waals surface area contributed by atoms with E-state index in [2.05, 4.69) is 25.7 Å².